The van der Waals surface area contributed by atoms with Crippen molar-refractivity contribution in [3.63, 3.8) is 0 Å². The van der Waals surface area contributed by atoms with Crippen molar-refractivity contribution >= 4 is 35.1 Å². The molecule has 0 fully saturated rings. The van der Waals surface area contributed by atoms with Crippen molar-refractivity contribution in [1.82, 2.24) is 0 Å². The first-order valence-electron chi connectivity index (χ1n) is 8.48. The van der Waals surface area contributed by atoms with E-state index in [1.807, 2.05) is 0 Å². The molecule has 0 aliphatic carbocycles. The average Bonchev–Trinajstić information content (AvgIpc) is 2.61. The highest BCUT2D eigenvalue weighted by Gasteiger charge is 2.14. The van der Waals surface area contributed by atoms with Gasteiger partial charge in [-0.1, -0.05) is 0 Å². The minimum absolute atomic E-state index is 0.129. The molecule has 0 aliphatic rings. The number of carbonyl (C=O) groups excluding carboxylic acids is 4. The van der Waals surface area contributed by atoms with Gasteiger partial charge in [0.1, 0.15) is 5.75 Å². The lowest BCUT2D eigenvalue weighted by Crippen LogP contribution is -2.13. The van der Waals surface area contributed by atoms with E-state index in [0.29, 0.717) is 16.9 Å². The second-order valence-electron chi connectivity index (χ2n) is 5.80. The summed E-state index contributed by atoms with van der Waals surface area (Å²) in [5.41, 5.74) is 1.14. The van der Waals surface area contributed by atoms with Crippen molar-refractivity contribution in [3.05, 3.63) is 53.6 Å². The summed E-state index contributed by atoms with van der Waals surface area (Å²) in [5, 5.41) is 5.12. The Morgan fingerprint density at radius 1 is 0.786 bits per heavy atom. The van der Waals surface area contributed by atoms with Gasteiger partial charge in [-0.15, -0.1) is 0 Å². The molecule has 2 N–H and O–H groups in total. The zero-order valence-electron chi connectivity index (χ0n) is 15.7. The summed E-state index contributed by atoms with van der Waals surface area (Å²) in [6.07, 6.45) is 0. The Kier molecular flexibility index (Phi) is 6.86. The highest BCUT2D eigenvalue weighted by atomic mass is 16.5. The monoisotopic (exact) mass is 384 g/mol. The molecule has 0 atom stereocenters. The van der Waals surface area contributed by atoms with Gasteiger partial charge < -0.3 is 20.1 Å². The Bertz CT molecular complexity index is 871. The second kappa shape index (κ2) is 9.31. The van der Waals surface area contributed by atoms with Crippen LogP contribution in [0.4, 0.5) is 11.4 Å². The summed E-state index contributed by atoms with van der Waals surface area (Å²) in [7, 11) is 0. The third-order valence-electron chi connectivity index (χ3n) is 3.39. The minimum atomic E-state index is -0.692. The van der Waals surface area contributed by atoms with Crippen LogP contribution in [0, 0.1) is 0 Å². The number of esters is 2. The molecule has 0 aromatic heterocycles. The van der Waals surface area contributed by atoms with Crippen LogP contribution in [0.3, 0.4) is 0 Å². The molecular formula is C20H20N2O6. The maximum absolute atomic E-state index is 12.5. The topological polar surface area (TPSA) is 111 Å². The van der Waals surface area contributed by atoms with Crippen LogP contribution in [-0.2, 0) is 14.3 Å². The van der Waals surface area contributed by atoms with Gasteiger partial charge in [-0.25, -0.2) is 9.59 Å². The lowest BCUT2D eigenvalue weighted by atomic mass is 10.1. The molecule has 0 saturated heterocycles. The van der Waals surface area contributed by atoms with Gasteiger partial charge in [-0.2, -0.15) is 0 Å². The van der Waals surface area contributed by atoms with E-state index in [4.69, 9.17) is 9.47 Å². The summed E-state index contributed by atoms with van der Waals surface area (Å²) < 4.78 is 10.2. The second-order valence-corrected chi connectivity index (χ2v) is 5.80. The number of hydrogen-bond acceptors (Lipinski definition) is 6. The smallest absolute Gasteiger partial charge is 0.343 e. The number of hydrogen-bond donors (Lipinski definition) is 2. The van der Waals surface area contributed by atoms with Crippen molar-refractivity contribution in [1.29, 1.82) is 0 Å². The summed E-state index contributed by atoms with van der Waals surface area (Å²) in [6.45, 7) is 4.62. The molecule has 0 saturated carbocycles. The molecule has 0 spiro atoms. The molecule has 2 rings (SSSR count). The van der Waals surface area contributed by atoms with Gasteiger partial charge in [-0.3, -0.25) is 9.59 Å². The van der Waals surface area contributed by atoms with Crippen molar-refractivity contribution < 1.29 is 28.7 Å². The Labute approximate surface area is 161 Å². The summed E-state index contributed by atoms with van der Waals surface area (Å²) in [5.74, 6) is -1.59. The maximum Gasteiger partial charge on any atom is 0.343 e. The number of nitrogens with one attached hydrogen (secondary N) is 2. The predicted octanol–water partition coefficient (Wildman–Crippen LogP) is 3.00. The highest BCUT2D eigenvalue weighted by molar-refractivity contribution is 5.98. The van der Waals surface area contributed by atoms with Crippen LogP contribution in [0.15, 0.2) is 42.5 Å². The Balaban J connectivity index is 2.21. The lowest BCUT2D eigenvalue weighted by Gasteiger charge is -2.11. The third kappa shape index (κ3) is 5.94. The number of carbonyl (C=O) groups is 4. The molecule has 0 bridgehead atoms. The van der Waals surface area contributed by atoms with E-state index in [0.717, 1.165) is 0 Å². The zero-order valence-corrected chi connectivity index (χ0v) is 15.7. The fourth-order valence-electron chi connectivity index (χ4n) is 2.34. The number of amides is 2. The lowest BCUT2D eigenvalue weighted by molar-refractivity contribution is -0.115. The molecule has 0 unspecified atom stereocenters. The quantitative estimate of drug-likeness (QED) is 0.585. The average molecular weight is 384 g/mol. The van der Waals surface area contributed by atoms with Crippen molar-refractivity contribution in [2.45, 2.75) is 20.8 Å². The molecule has 8 nitrogen and oxygen atoms in total. The Hall–Kier alpha value is -3.68. The molecule has 0 aliphatic heterocycles. The standard InChI is InChI=1S/C20H20N2O6/c1-4-27-19(25)14-5-7-18(8-6-14)28-20(26)15-9-16(21-12(2)23)11-17(10-15)22-13(3)24/h5-11H,4H2,1-3H3,(H,21,23)(H,22,24). The number of benzene rings is 2. The molecule has 8 heteroatoms. The normalized spacial score (nSPS) is 9.96. The van der Waals surface area contributed by atoms with Gasteiger partial charge in [0.25, 0.3) is 0 Å². The molecule has 28 heavy (non-hydrogen) atoms. The molecule has 146 valence electrons. The van der Waals surface area contributed by atoms with Gasteiger partial charge in [-0.05, 0) is 49.4 Å². The van der Waals surface area contributed by atoms with Gasteiger partial charge in [0, 0.05) is 25.2 Å². The molecule has 2 aromatic rings. The van der Waals surface area contributed by atoms with Crippen molar-refractivity contribution in [2.75, 3.05) is 17.2 Å². The summed E-state index contributed by atoms with van der Waals surface area (Å²) in [4.78, 5) is 46.7. The van der Waals surface area contributed by atoms with Gasteiger partial charge in [0.15, 0.2) is 0 Å². The van der Waals surface area contributed by atoms with E-state index in [2.05, 4.69) is 10.6 Å². The predicted molar refractivity (Wildman–Crippen MR) is 102 cm³/mol. The van der Waals surface area contributed by atoms with E-state index >= 15 is 0 Å². The summed E-state index contributed by atoms with van der Waals surface area (Å²) >= 11 is 0. The number of rotatable bonds is 6. The van der Waals surface area contributed by atoms with E-state index in [-0.39, 0.29) is 29.7 Å². The van der Waals surface area contributed by atoms with E-state index < -0.39 is 11.9 Å². The minimum Gasteiger partial charge on any atom is -0.462 e. The first-order valence-corrected chi connectivity index (χ1v) is 8.48. The van der Waals surface area contributed by atoms with Crippen molar-refractivity contribution in [2.24, 2.45) is 0 Å². The van der Waals surface area contributed by atoms with Crippen LogP contribution < -0.4 is 15.4 Å². The largest absolute Gasteiger partial charge is 0.462 e. The van der Waals surface area contributed by atoms with Crippen LogP contribution >= 0.6 is 0 Å². The maximum atomic E-state index is 12.5. The third-order valence-corrected chi connectivity index (χ3v) is 3.39. The fourth-order valence-corrected chi connectivity index (χ4v) is 2.34. The number of ether oxygens (including phenoxy) is 2. The van der Waals surface area contributed by atoms with Crippen LogP contribution in [0.1, 0.15) is 41.5 Å². The molecule has 0 heterocycles. The fraction of sp³-hybridized carbons (Fsp3) is 0.200. The molecule has 2 amide bonds. The zero-order chi connectivity index (χ0) is 20.7. The van der Waals surface area contributed by atoms with Crippen LogP contribution in [0.25, 0.3) is 0 Å². The van der Waals surface area contributed by atoms with Crippen LogP contribution in [0.2, 0.25) is 0 Å². The SMILES string of the molecule is CCOC(=O)c1ccc(OC(=O)c2cc(NC(C)=O)cc(NC(C)=O)c2)cc1. The number of anilines is 2. The summed E-state index contributed by atoms with van der Waals surface area (Å²) in [6, 6.07) is 10.3. The molecular weight excluding hydrogens is 364 g/mol. The highest BCUT2D eigenvalue weighted by Crippen LogP contribution is 2.22. The Morgan fingerprint density at radius 3 is 1.79 bits per heavy atom. The first-order chi connectivity index (χ1) is 13.3. The molecule has 0 radical (unpaired) electrons. The van der Waals surface area contributed by atoms with Crippen molar-refractivity contribution in [3.8, 4) is 5.75 Å². The van der Waals surface area contributed by atoms with E-state index in [1.54, 1.807) is 6.92 Å². The van der Waals surface area contributed by atoms with Gasteiger partial charge >= 0.3 is 11.9 Å². The first kappa shape index (κ1) is 20.6. The van der Waals surface area contributed by atoms with E-state index in [1.165, 1.54) is 56.3 Å². The molecule has 2 aromatic carbocycles. The Morgan fingerprint density at radius 2 is 1.32 bits per heavy atom. The van der Waals surface area contributed by atoms with Crippen LogP contribution in [-0.4, -0.2) is 30.4 Å². The van der Waals surface area contributed by atoms with Crippen LogP contribution in [0.5, 0.6) is 5.75 Å². The van der Waals surface area contributed by atoms with Gasteiger partial charge in [0.2, 0.25) is 11.8 Å². The van der Waals surface area contributed by atoms with Gasteiger partial charge in [0.05, 0.1) is 17.7 Å². The van der Waals surface area contributed by atoms with E-state index in [9.17, 15) is 19.2 Å².